The minimum Gasteiger partial charge on any atom is -0.268 e. The summed E-state index contributed by atoms with van der Waals surface area (Å²) in [6.07, 6.45) is 2.14. The van der Waals surface area contributed by atoms with E-state index < -0.39 is 10.1 Å². The lowest BCUT2D eigenvalue weighted by Gasteiger charge is -1.99. The van der Waals surface area contributed by atoms with Crippen LogP contribution >= 0.6 is 0 Å². The molecule has 6 heteroatoms. The van der Waals surface area contributed by atoms with Crippen LogP contribution in [0.15, 0.2) is 23.4 Å². The number of aryl methyl sites for hydroxylation is 1. The zero-order chi connectivity index (χ0) is 11.8. The molecule has 1 aliphatic carbocycles. The second-order valence-corrected chi connectivity index (χ2v) is 5.18. The molecule has 0 radical (unpaired) electrons. The van der Waals surface area contributed by atoms with Gasteiger partial charge >= 0.3 is 10.1 Å². The van der Waals surface area contributed by atoms with Gasteiger partial charge in [0.2, 0.25) is 0 Å². The Labute approximate surface area is 92.8 Å². The molecule has 0 bridgehead atoms. The Bertz CT molecular complexity index is 551. The van der Waals surface area contributed by atoms with Crippen LogP contribution in [0.25, 0.3) is 0 Å². The molecule has 0 saturated heterocycles. The topological polar surface area (TPSA) is 55.7 Å². The van der Waals surface area contributed by atoms with Crippen LogP contribution in [0, 0.1) is 5.82 Å². The Hall–Kier alpha value is -1.43. The Morgan fingerprint density at radius 2 is 2.12 bits per heavy atom. The largest absolute Gasteiger partial charge is 0.325 e. The van der Waals surface area contributed by atoms with Gasteiger partial charge in [-0.25, -0.2) is 4.39 Å². The molecular weight excluding hydrogens is 233 g/mol. The van der Waals surface area contributed by atoms with Gasteiger partial charge in [0.15, 0.2) is 0 Å². The smallest absolute Gasteiger partial charge is 0.268 e. The summed E-state index contributed by atoms with van der Waals surface area (Å²) in [6, 6.07) is 4.33. The second-order valence-electron chi connectivity index (χ2n) is 3.62. The number of halogens is 1. The summed E-state index contributed by atoms with van der Waals surface area (Å²) in [5.41, 5.74) is 2.13. The van der Waals surface area contributed by atoms with Crippen LogP contribution in [0.1, 0.15) is 17.5 Å². The summed E-state index contributed by atoms with van der Waals surface area (Å²) in [5.74, 6) is -0.302. The zero-order valence-electron chi connectivity index (χ0n) is 8.60. The molecule has 1 aliphatic rings. The summed E-state index contributed by atoms with van der Waals surface area (Å²) in [7, 11) is -3.58. The normalized spacial score (nSPS) is 17.5. The van der Waals surface area contributed by atoms with E-state index in [9.17, 15) is 12.8 Å². The molecule has 0 saturated carbocycles. The van der Waals surface area contributed by atoms with Crippen molar-refractivity contribution in [2.24, 2.45) is 5.16 Å². The average molecular weight is 243 g/mol. The van der Waals surface area contributed by atoms with Gasteiger partial charge in [0.1, 0.15) is 5.82 Å². The van der Waals surface area contributed by atoms with Crippen molar-refractivity contribution in [2.75, 3.05) is 6.26 Å². The third-order valence-corrected chi connectivity index (χ3v) is 2.64. The van der Waals surface area contributed by atoms with Crippen LogP contribution in [0.4, 0.5) is 4.39 Å². The number of benzene rings is 1. The lowest BCUT2D eigenvalue weighted by molar-refractivity contribution is 0.342. The van der Waals surface area contributed by atoms with Crippen LogP contribution < -0.4 is 0 Å². The first-order chi connectivity index (χ1) is 7.46. The number of oxime groups is 1. The van der Waals surface area contributed by atoms with Gasteiger partial charge in [0.05, 0.1) is 12.0 Å². The summed E-state index contributed by atoms with van der Waals surface area (Å²) >= 11 is 0. The van der Waals surface area contributed by atoms with Crippen molar-refractivity contribution in [3.05, 3.63) is 35.1 Å². The summed E-state index contributed by atoms with van der Waals surface area (Å²) in [5, 5.41) is 3.57. The monoisotopic (exact) mass is 243 g/mol. The van der Waals surface area contributed by atoms with Gasteiger partial charge < -0.3 is 0 Å². The van der Waals surface area contributed by atoms with Gasteiger partial charge in [-0.05, 0) is 36.6 Å². The Morgan fingerprint density at radius 1 is 1.38 bits per heavy atom. The van der Waals surface area contributed by atoms with Crippen molar-refractivity contribution in [1.82, 2.24) is 0 Å². The van der Waals surface area contributed by atoms with E-state index >= 15 is 0 Å². The molecule has 1 aromatic carbocycles. The van der Waals surface area contributed by atoms with E-state index in [1.165, 1.54) is 12.1 Å². The Balaban J connectivity index is 2.30. The number of hydrogen-bond donors (Lipinski definition) is 0. The van der Waals surface area contributed by atoms with Gasteiger partial charge in [-0.1, -0.05) is 5.16 Å². The van der Waals surface area contributed by atoms with Crippen LogP contribution in [0.5, 0.6) is 0 Å². The summed E-state index contributed by atoms with van der Waals surface area (Å²) in [6.45, 7) is 0. The molecule has 0 N–H and O–H groups in total. The molecule has 0 amide bonds. The maximum Gasteiger partial charge on any atom is 0.325 e. The predicted molar refractivity (Wildman–Crippen MR) is 57.2 cm³/mol. The van der Waals surface area contributed by atoms with Gasteiger partial charge in [-0.2, -0.15) is 8.42 Å². The fourth-order valence-electron chi connectivity index (χ4n) is 1.65. The summed E-state index contributed by atoms with van der Waals surface area (Å²) < 4.78 is 38.8. The fourth-order valence-corrected chi connectivity index (χ4v) is 1.87. The van der Waals surface area contributed by atoms with Crippen molar-refractivity contribution in [3.8, 4) is 0 Å². The standard InChI is InChI=1S/C10H10FNO3S/c1-16(13,14)15-12-10-5-2-7-6-8(11)3-4-9(7)10/h3-4,6H,2,5H2,1H3. The second kappa shape index (κ2) is 3.86. The van der Waals surface area contributed by atoms with Crippen molar-refractivity contribution in [1.29, 1.82) is 0 Å². The molecule has 0 aliphatic heterocycles. The van der Waals surface area contributed by atoms with Crippen molar-refractivity contribution < 1.29 is 17.1 Å². The molecule has 0 heterocycles. The highest BCUT2D eigenvalue weighted by Gasteiger charge is 2.19. The molecule has 16 heavy (non-hydrogen) atoms. The SMILES string of the molecule is CS(=O)(=O)ON=C1CCc2cc(F)ccc21. The van der Waals surface area contributed by atoms with E-state index in [1.54, 1.807) is 6.07 Å². The molecule has 86 valence electrons. The predicted octanol–water partition coefficient (Wildman–Crippen LogP) is 1.45. The van der Waals surface area contributed by atoms with Gasteiger partial charge in [0, 0.05) is 5.56 Å². The maximum atomic E-state index is 12.9. The highest BCUT2D eigenvalue weighted by atomic mass is 32.2. The lowest BCUT2D eigenvalue weighted by atomic mass is 10.1. The number of hydrogen-bond acceptors (Lipinski definition) is 4. The number of nitrogens with zero attached hydrogens (tertiary/aromatic N) is 1. The molecule has 2 rings (SSSR count). The highest BCUT2D eigenvalue weighted by Crippen LogP contribution is 2.23. The first-order valence-corrected chi connectivity index (χ1v) is 6.52. The zero-order valence-corrected chi connectivity index (χ0v) is 9.42. The van der Waals surface area contributed by atoms with Crippen molar-refractivity contribution >= 4 is 15.8 Å². The molecule has 0 spiro atoms. The average Bonchev–Trinajstić information content (AvgIpc) is 2.56. The molecular formula is C10H10FNO3S. The van der Waals surface area contributed by atoms with Crippen molar-refractivity contribution in [2.45, 2.75) is 12.8 Å². The van der Waals surface area contributed by atoms with Crippen LogP contribution in [-0.4, -0.2) is 20.4 Å². The van der Waals surface area contributed by atoms with Crippen LogP contribution in [0.2, 0.25) is 0 Å². The third-order valence-electron chi connectivity index (χ3n) is 2.29. The molecule has 1 aromatic rings. The fraction of sp³-hybridized carbons (Fsp3) is 0.300. The highest BCUT2D eigenvalue weighted by molar-refractivity contribution is 7.85. The lowest BCUT2D eigenvalue weighted by Crippen LogP contribution is -2.02. The minimum atomic E-state index is -3.58. The first-order valence-electron chi connectivity index (χ1n) is 4.70. The van der Waals surface area contributed by atoms with E-state index in [0.717, 1.165) is 17.4 Å². The maximum absolute atomic E-state index is 12.9. The first kappa shape index (κ1) is 11.1. The molecule has 4 nitrogen and oxygen atoms in total. The van der Waals surface area contributed by atoms with E-state index in [2.05, 4.69) is 9.44 Å². The van der Waals surface area contributed by atoms with Gasteiger partial charge in [0.25, 0.3) is 0 Å². The third kappa shape index (κ3) is 2.38. The quantitative estimate of drug-likeness (QED) is 0.739. The number of rotatable bonds is 2. The number of fused-ring (bicyclic) bond motifs is 1. The van der Waals surface area contributed by atoms with Gasteiger partial charge in [-0.3, -0.25) is 4.28 Å². The van der Waals surface area contributed by atoms with Gasteiger partial charge in [-0.15, -0.1) is 0 Å². The van der Waals surface area contributed by atoms with E-state index in [-0.39, 0.29) is 5.82 Å². The van der Waals surface area contributed by atoms with E-state index in [0.29, 0.717) is 18.6 Å². The van der Waals surface area contributed by atoms with E-state index in [4.69, 9.17) is 0 Å². The van der Waals surface area contributed by atoms with Crippen LogP contribution in [-0.2, 0) is 20.8 Å². The van der Waals surface area contributed by atoms with E-state index in [1.807, 2.05) is 0 Å². The Kier molecular flexibility index (Phi) is 2.67. The van der Waals surface area contributed by atoms with Crippen LogP contribution in [0.3, 0.4) is 0 Å². The minimum absolute atomic E-state index is 0.302. The summed E-state index contributed by atoms with van der Waals surface area (Å²) in [4.78, 5) is 0. The molecule has 0 fully saturated rings. The molecule has 0 aromatic heterocycles. The molecule has 0 unspecified atom stereocenters. The Morgan fingerprint density at radius 3 is 2.81 bits per heavy atom. The van der Waals surface area contributed by atoms with Crippen molar-refractivity contribution in [3.63, 3.8) is 0 Å². The molecule has 0 atom stereocenters.